The van der Waals surface area contributed by atoms with Gasteiger partial charge in [-0.3, -0.25) is 4.79 Å². The molecule has 0 saturated carbocycles. The minimum absolute atomic E-state index is 0.0440. The number of aryl methyl sites for hydroxylation is 1. The lowest BCUT2D eigenvalue weighted by molar-refractivity contribution is 0.0746. The van der Waals surface area contributed by atoms with Crippen molar-refractivity contribution in [3.8, 4) is 5.75 Å². The van der Waals surface area contributed by atoms with E-state index in [9.17, 15) is 4.79 Å². The molecule has 2 aromatic carbocycles. The summed E-state index contributed by atoms with van der Waals surface area (Å²) in [6.45, 7) is 7.31. The number of aromatic nitrogens is 2. The van der Waals surface area contributed by atoms with E-state index in [1.165, 1.54) is 0 Å². The normalized spacial score (nSPS) is 14.4. The van der Waals surface area contributed by atoms with E-state index in [2.05, 4.69) is 9.88 Å². The van der Waals surface area contributed by atoms with Gasteiger partial charge in [0.15, 0.2) is 5.82 Å². The van der Waals surface area contributed by atoms with Crippen LogP contribution in [0.2, 0.25) is 0 Å². The number of carbonyl (C=O) groups is 1. The number of para-hydroxylation sites is 2. The first kappa shape index (κ1) is 18.2. The predicted molar refractivity (Wildman–Crippen MR) is 110 cm³/mol. The fraction of sp³-hybridized carbons (Fsp3) is 0.318. The minimum Gasteiger partial charge on any atom is -0.494 e. The lowest BCUT2D eigenvalue weighted by atomic mass is 10.1. The molecule has 0 N–H and O–H groups in total. The quantitative estimate of drug-likeness (QED) is 0.699. The summed E-state index contributed by atoms with van der Waals surface area (Å²) < 4.78 is 5.51. The molecule has 1 saturated heterocycles. The van der Waals surface area contributed by atoms with Gasteiger partial charge in [0.05, 0.1) is 23.3 Å². The van der Waals surface area contributed by atoms with Crippen LogP contribution in [-0.4, -0.2) is 53.6 Å². The van der Waals surface area contributed by atoms with E-state index in [1.54, 1.807) is 0 Å². The van der Waals surface area contributed by atoms with Gasteiger partial charge in [0.25, 0.3) is 5.91 Å². The molecular weight excluding hydrogens is 352 g/mol. The van der Waals surface area contributed by atoms with Crippen molar-refractivity contribution in [2.45, 2.75) is 13.8 Å². The summed E-state index contributed by atoms with van der Waals surface area (Å²) >= 11 is 0. The highest BCUT2D eigenvalue weighted by atomic mass is 16.5. The van der Waals surface area contributed by atoms with Crippen LogP contribution in [0.5, 0.6) is 5.75 Å². The summed E-state index contributed by atoms with van der Waals surface area (Å²) in [7, 11) is 0. The molecule has 0 bridgehead atoms. The number of carbonyl (C=O) groups excluding carboxylic acids is 1. The molecule has 28 heavy (non-hydrogen) atoms. The number of piperazine rings is 1. The molecule has 2 heterocycles. The lowest BCUT2D eigenvalue weighted by Crippen LogP contribution is -2.49. The number of benzene rings is 2. The maximum absolute atomic E-state index is 12.9. The van der Waals surface area contributed by atoms with E-state index < -0.39 is 0 Å². The number of rotatable bonds is 4. The van der Waals surface area contributed by atoms with Gasteiger partial charge in [0, 0.05) is 31.7 Å². The summed E-state index contributed by atoms with van der Waals surface area (Å²) in [5, 5.41) is 0. The molecule has 1 amide bonds. The zero-order valence-corrected chi connectivity index (χ0v) is 16.3. The summed E-state index contributed by atoms with van der Waals surface area (Å²) in [5.41, 5.74) is 3.39. The number of hydrogen-bond acceptors (Lipinski definition) is 5. The fourth-order valence-corrected chi connectivity index (χ4v) is 3.57. The SMILES string of the molecule is CCOc1cccc(C(=O)N2CCN(c3nc4ccccc4nc3C)CC2)c1. The number of ether oxygens (including phenoxy) is 1. The van der Waals surface area contributed by atoms with Crippen molar-refractivity contribution < 1.29 is 9.53 Å². The average molecular weight is 376 g/mol. The molecular formula is C22H24N4O2. The molecule has 6 nitrogen and oxygen atoms in total. The molecule has 0 aliphatic carbocycles. The summed E-state index contributed by atoms with van der Waals surface area (Å²) in [6.07, 6.45) is 0. The Bertz CT molecular complexity index is 997. The number of amides is 1. The third-order valence-corrected chi connectivity index (χ3v) is 4.98. The Morgan fingerprint density at radius 2 is 1.71 bits per heavy atom. The van der Waals surface area contributed by atoms with Gasteiger partial charge in [-0.2, -0.15) is 0 Å². The molecule has 6 heteroatoms. The Balaban J connectivity index is 1.47. The van der Waals surface area contributed by atoms with Crippen molar-refractivity contribution in [1.82, 2.24) is 14.9 Å². The monoisotopic (exact) mass is 376 g/mol. The first-order valence-electron chi connectivity index (χ1n) is 9.66. The molecule has 1 fully saturated rings. The zero-order valence-electron chi connectivity index (χ0n) is 16.3. The molecule has 144 valence electrons. The predicted octanol–water partition coefficient (Wildman–Crippen LogP) is 3.30. The smallest absolute Gasteiger partial charge is 0.254 e. The van der Waals surface area contributed by atoms with Gasteiger partial charge in [-0.15, -0.1) is 0 Å². The van der Waals surface area contributed by atoms with Gasteiger partial charge in [-0.05, 0) is 44.2 Å². The van der Waals surface area contributed by atoms with Crippen LogP contribution in [-0.2, 0) is 0 Å². The van der Waals surface area contributed by atoms with Gasteiger partial charge in [0.1, 0.15) is 5.75 Å². The molecule has 1 aliphatic rings. The van der Waals surface area contributed by atoms with Gasteiger partial charge < -0.3 is 14.5 Å². The van der Waals surface area contributed by atoms with Crippen LogP contribution < -0.4 is 9.64 Å². The third kappa shape index (κ3) is 3.63. The largest absolute Gasteiger partial charge is 0.494 e. The van der Waals surface area contributed by atoms with Crippen LogP contribution in [0.15, 0.2) is 48.5 Å². The molecule has 1 aliphatic heterocycles. The topological polar surface area (TPSA) is 58.6 Å². The van der Waals surface area contributed by atoms with Crippen molar-refractivity contribution in [1.29, 1.82) is 0 Å². The molecule has 0 unspecified atom stereocenters. The molecule has 3 aromatic rings. The molecule has 0 atom stereocenters. The second kappa shape index (κ2) is 7.84. The molecule has 0 spiro atoms. The first-order valence-corrected chi connectivity index (χ1v) is 9.66. The highest BCUT2D eigenvalue weighted by molar-refractivity contribution is 5.94. The minimum atomic E-state index is 0.0440. The molecule has 0 radical (unpaired) electrons. The van der Waals surface area contributed by atoms with Gasteiger partial charge in [0.2, 0.25) is 0 Å². The van der Waals surface area contributed by atoms with Crippen molar-refractivity contribution in [2.24, 2.45) is 0 Å². The molecule has 4 rings (SSSR count). The number of fused-ring (bicyclic) bond motifs is 1. The van der Waals surface area contributed by atoms with E-state index in [0.29, 0.717) is 25.3 Å². The van der Waals surface area contributed by atoms with Crippen LogP contribution in [0.4, 0.5) is 5.82 Å². The maximum atomic E-state index is 12.9. The Labute approximate surface area is 164 Å². The van der Waals surface area contributed by atoms with Gasteiger partial charge in [-0.25, -0.2) is 9.97 Å². The Hall–Kier alpha value is -3.15. The second-order valence-electron chi connectivity index (χ2n) is 6.86. The summed E-state index contributed by atoms with van der Waals surface area (Å²) in [5.74, 6) is 1.68. The first-order chi connectivity index (χ1) is 13.7. The zero-order chi connectivity index (χ0) is 19.5. The van der Waals surface area contributed by atoms with Crippen molar-refractivity contribution in [2.75, 3.05) is 37.7 Å². The van der Waals surface area contributed by atoms with Crippen molar-refractivity contribution in [3.05, 3.63) is 59.8 Å². The summed E-state index contributed by atoms with van der Waals surface area (Å²) in [4.78, 5) is 26.5. The van der Waals surface area contributed by atoms with Crippen LogP contribution in [0.3, 0.4) is 0 Å². The van der Waals surface area contributed by atoms with Gasteiger partial charge in [-0.1, -0.05) is 18.2 Å². The van der Waals surface area contributed by atoms with Crippen LogP contribution >= 0.6 is 0 Å². The Kier molecular flexibility index (Phi) is 5.10. The highest BCUT2D eigenvalue weighted by Crippen LogP contribution is 2.22. The molecule has 1 aromatic heterocycles. The fourth-order valence-electron chi connectivity index (χ4n) is 3.57. The van der Waals surface area contributed by atoms with E-state index in [-0.39, 0.29) is 5.91 Å². The standard InChI is InChI=1S/C22H24N4O2/c1-3-28-18-8-6-7-17(15-18)22(27)26-13-11-25(12-14-26)21-16(2)23-19-9-4-5-10-20(19)24-21/h4-10,15H,3,11-14H2,1-2H3. The van der Waals surface area contributed by atoms with Crippen LogP contribution in [0.1, 0.15) is 23.0 Å². The highest BCUT2D eigenvalue weighted by Gasteiger charge is 2.24. The van der Waals surface area contributed by atoms with Gasteiger partial charge >= 0.3 is 0 Å². The number of hydrogen-bond donors (Lipinski definition) is 0. The average Bonchev–Trinajstić information content (AvgIpc) is 2.73. The Morgan fingerprint density at radius 1 is 1.00 bits per heavy atom. The Morgan fingerprint density at radius 3 is 2.43 bits per heavy atom. The number of nitrogens with zero attached hydrogens (tertiary/aromatic N) is 4. The summed E-state index contributed by atoms with van der Waals surface area (Å²) in [6, 6.07) is 15.3. The second-order valence-corrected chi connectivity index (χ2v) is 6.86. The van der Waals surface area contributed by atoms with Crippen LogP contribution in [0, 0.1) is 6.92 Å². The van der Waals surface area contributed by atoms with E-state index >= 15 is 0 Å². The van der Waals surface area contributed by atoms with Crippen molar-refractivity contribution >= 4 is 22.8 Å². The third-order valence-electron chi connectivity index (χ3n) is 4.98. The van der Waals surface area contributed by atoms with E-state index in [1.807, 2.05) is 67.3 Å². The maximum Gasteiger partial charge on any atom is 0.254 e. The van der Waals surface area contributed by atoms with Crippen LogP contribution in [0.25, 0.3) is 11.0 Å². The van der Waals surface area contributed by atoms with E-state index in [0.717, 1.165) is 41.4 Å². The lowest BCUT2D eigenvalue weighted by Gasteiger charge is -2.36. The van der Waals surface area contributed by atoms with Crippen molar-refractivity contribution in [3.63, 3.8) is 0 Å². The number of anilines is 1. The van der Waals surface area contributed by atoms with E-state index in [4.69, 9.17) is 9.72 Å².